The molecule has 14 heavy (non-hydrogen) atoms. The molecule has 7 heteroatoms. The third-order valence-corrected chi connectivity index (χ3v) is 1.59. The number of aromatic nitrogens is 1. The SMILES string of the molecule is NC(=[NH+]O)c1cccc(/C(N)=N\O)[nH+]1. The average molecular weight is 197 g/mol. The molecule has 0 aliphatic carbocycles. The molecule has 0 aromatic carbocycles. The lowest BCUT2D eigenvalue weighted by molar-refractivity contribution is -0.739. The highest BCUT2D eigenvalue weighted by molar-refractivity contribution is 5.94. The van der Waals surface area contributed by atoms with Crippen LogP contribution in [0.5, 0.6) is 0 Å². The van der Waals surface area contributed by atoms with Crippen LogP contribution < -0.4 is 21.6 Å². The number of nitrogens with one attached hydrogen (secondary N) is 2. The summed E-state index contributed by atoms with van der Waals surface area (Å²) >= 11 is 0. The molecule has 1 heterocycles. The van der Waals surface area contributed by atoms with E-state index in [0.717, 1.165) is 0 Å². The maximum atomic E-state index is 8.53. The molecule has 0 atom stereocenters. The summed E-state index contributed by atoms with van der Waals surface area (Å²) in [6.45, 7) is 0. The summed E-state index contributed by atoms with van der Waals surface area (Å²) in [6, 6.07) is 4.86. The number of nitrogen functional groups attached to an aromatic ring is 1. The van der Waals surface area contributed by atoms with Crippen molar-refractivity contribution in [2.24, 2.45) is 16.6 Å². The number of nitrogens with two attached hydrogens (primary N) is 2. The Morgan fingerprint density at radius 1 is 1.36 bits per heavy atom. The zero-order chi connectivity index (χ0) is 10.6. The van der Waals surface area contributed by atoms with Gasteiger partial charge in [-0.2, -0.15) is 4.98 Å². The molecule has 0 spiro atoms. The number of oxime groups is 1. The van der Waals surface area contributed by atoms with Crippen LogP contribution in [0.1, 0.15) is 11.4 Å². The molecule has 1 aromatic heterocycles. The molecule has 0 bridgehead atoms. The van der Waals surface area contributed by atoms with Gasteiger partial charge >= 0.3 is 5.84 Å². The van der Waals surface area contributed by atoms with Gasteiger partial charge in [-0.1, -0.05) is 10.3 Å². The second kappa shape index (κ2) is 4.08. The Morgan fingerprint density at radius 3 is 2.57 bits per heavy atom. The Kier molecular flexibility index (Phi) is 2.85. The quantitative estimate of drug-likeness (QED) is 0.147. The van der Waals surface area contributed by atoms with Gasteiger partial charge in [-0.25, -0.2) is 0 Å². The van der Waals surface area contributed by atoms with Gasteiger partial charge in [-0.05, 0) is 6.07 Å². The van der Waals surface area contributed by atoms with Crippen molar-refractivity contribution in [2.75, 3.05) is 0 Å². The third-order valence-electron chi connectivity index (χ3n) is 1.59. The number of rotatable bonds is 2. The van der Waals surface area contributed by atoms with Gasteiger partial charge in [0.15, 0.2) is 0 Å². The second-order valence-corrected chi connectivity index (χ2v) is 2.49. The van der Waals surface area contributed by atoms with E-state index in [-0.39, 0.29) is 11.7 Å². The summed E-state index contributed by atoms with van der Waals surface area (Å²) in [5.74, 6) is -0.0322. The molecule has 0 amide bonds. The number of pyridine rings is 1. The molecule has 8 N–H and O–H groups in total. The fraction of sp³-hybridized carbons (Fsp3) is 0. The predicted molar refractivity (Wildman–Crippen MR) is 46.6 cm³/mol. The van der Waals surface area contributed by atoms with E-state index in [2.05, 4.69) is 10.1 Å². The van der Waals surface area contributed by atoms with Crippen molar-refractivity contribution in [3.05, 3.63) is 29.6 Å². The van der Waals surface area contributed by atoms with Crippen molar-refractivity contribution < 1.29 is 20.6 Å². The number of nitrogens with zero attached hydrogens (tertiary/aromatic N) is 1. The Balaban J connectivity index is 3.14. The zero-order valence-electron chi connectivity index (χ0n) is 7.23. The first-order chi connectivity index (χ1) is 6.69. The predicted octanol–water partition coefficient (Wildman–Crippen LogP) is -3.23. The van der Waals surface area contributed by atoms with Crippen LogP contribution in [0.25, 0.3) is 0 Å². The molecule has 1 aromatic rings. The summed E-state index contributed by atoms with van der Waals surface area (Å²) in [5.41, 5.74) is 11.5. The maximum Gasteiger partial charge on any atom is 0.377 e. The van der Waals surface area contributed by atoms with Gasteiger partial charge in [0.25, 0.3) is 5.69 Å². The van der Waals surface area contributed by atoms with E-state index in [1.54, 1.807) is 23.4 Å². The lowest BCUT2D eigenvalue weighted by atomic mass is 10.3. The standard InChI is InChI=1S/C7H9N5O2/c8-6(11-13)4-2-1-3-5(10-4)7(9)12-14/h1-3,13-14H,(H2,8,11)(H2,9,12)/p+2. The lowest BCUT2D eigenvalue weighted by Crippen LogP contribution is -2.72. The van der Waals surface area contributed by atoms with E-state index in [4.69, 9.17) is 21.9 Å². The Labute approximate surface area is 79.3 Å². The van der Waals surface area contributed by atoms with Crippen LogP contribution >= 0.6 is 0 Å². The molecule has 0 fully saturated rings. The number of H-pyrrole nitrogens is 1. The van der Waals surface area contributed by atoms with E-state index in [0.29, 0.717) is 11.4 Å². The summed E-state index contributed by atoms with van der Waals surface area (Å²) in [5, 5.41) is 21.5. The molecule has 0 saturated heterocycles. The van der Waals surface area contributed by atoms with Crippen LogP contribution in [0, 0.1) is 0 Å². The molecule has 0 unspecified atom stereocenters. The van der Waals surface area contributed by atoms with Gasteiger partial charge in [0.1, 0.15) is 0 Å². The Morgan fingerprint density at radius 2 is 2.00 bits per heavy atom. The average Bonchev–Trinajstić information content (AvgIpc) is 2.27. The highest BCUT2D eigenvalue weighted by atomic mass is 16.4. The fourth-order valence-corrected chi connectivity index (χ4v) is 0.890. The Bertz CT molecular complexity index is 354. The van der Waals surface area contributed by atoms with E-state index >= 15 is 0 Å². The number of hydrogen-bond donors (Lipinski definition) is 5. The summed E-state index contributed by atoms with van der Waals surface area (Å²) < 4.78 is 0. The van der Waals surface area contributed by atoms with Crippen molar-refractivity contribution in [3.63, 3.8) is 0 Å². The maximum absolute atomic E-state index is 8.53. The minimum absolute atomic E-state index is 0.0394. The fourth-order valence-electron chi connectivity index (χ4n) is 0.890. The molecule has 0 saturated carbocycles. The normalized spacial score (nSPS) is 12.9. The van der Waals surface area contributed by atoms with E-state index < -0.39 is 0 Å². The van der Waals surface area contributed by atoms with Gasteiger partial charge in [0.2, 0.25) is 11.5 Å². The third kappa shape index (κ3) is 1.89. The van der Waals surface area contributed by atoms with Gasteiger partial charge in [0.05, 0.1) is 0 Å². The van der Waals surface area contributed by atoms with Crippen molar-refractivity contribution in [2.45, 2.75) is 0 Å². The zero-order valence-corrected chi connectivity index (χ0v) is 7.23. The highest BCUT2D eigenvalue weighted by Crippen LogP contribution is 1.91. The van der Waals surface area contributed by atoms with Gasteiger partial charge in [-0.15, -0.1) is 0 Å². The van der Waals surface area contributed by atoms with Crippen LogP contribution in [0.2, 0.25) is 0 Å². The summed E-state index contributed by atoms with van der Waals surface area (Å²) in [7, 11) is 0. The van der Waals surface area contributed by atoms with Crippen LogP contribution in [-0.4, -0.2) is 22.1 Å². The number of amidine groups is 2. The summed E-state index contributed by atoms with van der Waals surface area (Å²) in [6.07, 6.45) is 0. The van der Waals surface area contributed by atoms with Crippen molar-refractivity contribution in [3.8, 4) is 0 Å². The van der Waals surface area contributed by atoms with E-state index in [9.17, 15) is 0 Å². The summed E-state index contributed by atoms with van der Waals surface area (Å²) in [4.78, 5) is 2.75. The van der Waals surface area contributed by atoms with Crippen LogP contribution in [-0.2, 0) is 0 Å². The van der Waals surface area contributed by atoms with Gasteiger partial charge in [0, 0.05) is 12.1 Å². The first-order valence-corrected chi connectivity index (χ1v) is 3.72. The molecular weight excluding hydrogens is 186 g/mol. The molecule has 0 aliphatic heterocycles. The smallest absolute Gasteiger partial charge is 0.377 e. The molecule has 7 nitrogen and oxygen atoms in total. The monoisotopic (exact) mass is 197 g/mol. The minimum atomic E-state index is -0.0717. The van der Waals surface area contributed by atoms with Gasteiger partial charge < -0.3 is 16.1 Å². The molecule has 1 rings (SSSR count). The first-order valence-electron chi connectivity index (χ1n) is 3.72. The van der Waals surface area contributed by atoms with Crippen LogP contribution in [0.4, 0.5) is 0 Å². The van der Waals surface area contributed by atoms with Crippen LogP contribution in [0.3, 0.4) is 0 Å². The van der Waals surface area contributed by atoms with Crippen molar-refractivity contribution in [1.29, 1.82) is 0 Å². The van der Waals surface area contributed by atoms with Crippen molar-refractivity contribution in [1.82, 2.24) is 0 Å². The topological polar surface area (TPSA) is 133 Å². The first kappa shape index (κ1) is 9.78. The molecular formula is C7H11N5O2+2. The minimum Gasteiger partial charge on any atom is -0.409 e. The van der Waals surface area contributed by atoms with Crippen LogP contribution in [0.15, 0.2) is 23.4 Å². The lowest BCUT2D eigenvalue weighted by Gasteiger charge is -1.91. The molecule has 0 radical (unpaired) electrons. The van der Waals surface area contributed by atoms with Gasteiger partial charge in [-0.3, -0.25) is 5.73 Å². The van der Waals surface area contributed by atoms with E-state index in [1.165, 1.54) is 0 Å². The molecule has 74 valence electrons. The number of hydrogen-bond acceptors (Lipinski definition) is 3. The highest BCUT2D eigenvalue weighted by Gasteiger charge is 2.16. The largest absolute Gasteiger partial charge is 0.409 e. The second-order valence-electron chi connectivity index (χ2n) is 2.49. The molecule has 0 aliphatic rings. The van der Waals surface area contributed by atoms with Crippen molar-refractivity contribution >= 4 is 11.7 Å². The van der Waals surface area contributed by atoms with E-state index in [1.807, 2.05) is 0 Å². The number of aromatic amines is 1. The Hall–Kier alpha value is -2.31.